The van der Waals surface area contributed by atoms with E-state index in [1.807, 2.05) is 39.0 Å². The molecular weight excluding hydrogens is 418 g/mol. The monoisotopic (exact) mass is 443 g/mol. The number of hydrogen-bond donors (Lipinski definition) is 2. The summed E-state index contributed by atoms with van der Waals surface area (Å²) in [5.74, 6) is 1.37. The van der Waals surface area contributed by atoms with Crippen LogP contribution in [0.5, 0.6) is 0 Å². The molecule has 0 aliphatic carbocycles. The maximum atomic E-state index is 13.6. The van der Waals surface area contributed by atoms with Gasteiger partial charge in [0, 0.05) is 24.3 Å². The van der Waals surface area contributed by atoms with Gasteiger partial charge in [-0.2, -0.15) is 5.10 Å². The summed E-state index contributed by atoms with van der Waals surface area (Å²) in [5.41, 5.74) is 8.30. The van der Waals surface area contributed by atoms with Crippen LogP contribution in [0, 0.1) is 6.92 Å². The lowest BCUT2D eigenvalue weighted by atomic mass is 10.1. The van der Waals surface area contributed by atoms with Crippen LogP contribution in [0.1, 0.15) is 47.5 Å². The third-order valence-electron chi connectivity index (χ3n) is 5.25. The standard InChI is InChI=1S/C23H25N9O/c1-4-25-20-7-6-17(30-31-20)13-32(15(3)22-26-8-5-9-27-22)23(33)18-11-16-10-14(2)21(24)29-19(16)12-28-18/h5-12,15H,4,13H2,1-3H3,(H2,24,29)(H,25,31)/t15-/m1/s1. The Morgan fingerprint density at radius 2 is 1.94 bits per heavy atom. The van der Waals surface area contributed by atoms with Crippen LogP contribution in [-0.2, 0) is 6.54 Å². The molecule has 168 valence electrons. The quantitative estimate of drug-likeness (QED) is 0.442. The molecule has 1 amide bonds. The minimum absolute atomic E-state index is 0.219. The van der Waals surface area contributed by atoms with E-state index in [0.717, 1.165) is 17.5 Å². The van der Waals surface area contributed by atoms with Gasteiger partial charge in [0.1, 0.15) is 23.2 Å². The number of anilines is 2. The van der Waals surface area contributed by atoms with E-state index in [1.165, 1.54) is 0 Å². The van der Waals surface area contributed by atoms with Gasteiger partial charge in [0.25, 0.3) is 5.91 Å². The predicted octanol–water partition coefficient (Wildman–Crippen LogP) is 2.94. The maximum Gasteiger partial charge on any atom is 0.273 e. The van der Waals surface area contributed by atoms with Crippen molar-refractivity contribution in [3.8, 4) is 0 Å². The summed E-state index contributed by atoms with van der Waals surface area (Å²) in [6.07, 6.45) is 4.87. The first-order chi connectivity index (χ1) is 16.0. The van der Waals surface area contributed by atoms with Gasteiger partial charge in [0.15, 0.2) is 0 Å². The van der Waals surface area contributed by atoms with Crippen LogP contribution in [-0.4, -0.2) is 47.5 Å². The van der Waals surface area contributed by atoms with E-state index >= 15 is 0 Å². The Bertz CT molecular complexity index is 1260. The molecular formula is C23H25N9O. The fourth-order valence-corrected chi connectivity index (χ4v) is 3.41. The molecule has 10 heteroatoms. The van der Waals surface area contributed by atoms with E-state index in [0.29, 0.717) is 28.7 Å². The first-order valence-electron chi connectivity index (χ1n) is 10.6. The third-order valence-corrected chi connectivity index (χ3v) is 5.25. The molecule has 0 bridgehead atoms. The SMILES string of the molecule is CCNc1ccc(CN(C(=O)c2cc3cc(C)c(N)nc3cn2)[C@H](C)c2ncccn2)nn1. The highest BCUT2D eigenvalue weighted by Gasteiger charge is 2.26. The van der Waals surface area contributed by atoms with E-state index < -0.39 is 6.04 Å². The Hall–Kier alpha value is -4.21. The Morgan fingerprint density at radius 3 is 2.64 bits per heavy atom. The number of carbonyl (C=O) groups is 1. The van der Waals surface area contributed by atoms with Crippen molar-refractivity contribution >= 4 is 28.4 Å². The second-order valence-corrected chi connectivity index (χ2v) is 7.61. The fourth-order valence-electron chi connectivity index (χ4n) is 3.41. The molecule has 10 nitrogen and oxygen atoms in total. The molecule has 0 saturated carbocycles. The third kappa shape index (κ3) is 4.84. The van der Waals surface area contributed by atoms with Crippen LogP contribution >= 0.6 is 0 Å². The summed E-state index contributed by atoms with van der Waals surface area (Å²) in [4.78, 5) is 32.6. The van der Waals surface area contributed by atoms with E-state index in [2.05, 4.69) is 35.5 Å². The molecule has 0 aromatic carbocycles. The summed E-state index contributed by atoms with van der Waals surface area (Å²) < 4.78 is 0. The highest BCUT2D eigenvalue weighted by molar-refractivity contribution is 5.96. The number of aromatic nitrogens is 6. The van der Waals surface area contributed by atoms with Crippen molar-refractivity contribution in [2.75, 3.05) is 17.6 Å². The van der Waals surface area contributed by atoms with Gasteiger partial charge in [-0.1, -0.05) is 0 Å². The van der Waals surface area contributed by atoms with E-state index in [1.54, 1.807) is 35.6 Å². The zero-order valence-corrected chi connectivity index (χ0v) is 18.7. The van der Waals surface area contributed by atoms with Gasteiger partial charge in [-0.3, -0.25) is 4.79 Å². The normalized spacial score (nSPS) is 11.8. The average molecular weight is 444 g/mol. The molecule has 4 heterocycles. The largest absolute Gasteiger partial charge is 0.383 e. The molecule has 4 aromatic rings. The molecule has 4 rings (SSSR count). The van der Waals surface area contributed by atoms with Crippen LogP contribution in [0.2, 0.25) is 0 Å². The minimum Gasteiger partial charge on any atom is -0.383 e. The van der Waals surface area contributed by atoms with Crippen molar-refractivity contribution in [1.29, 1.82) is 0 Å². The molecule has 0 aliphatic rings. The molecule has 0 saturated heterocycles. The highest BCUT2D eigenvalue weighted by Crippen LogP contribution is 2.23. The number of nitrogen functional groups attached to an aromatic ring is 1. The highest BCUT2D eigenvalue weighted by atomic mass is 16.2. The summed E-state index contributed by atoms with van der Waals surface area (Å²) >= 11 is 0. The molecule has 33 heavy (non-hydrogen) atoms. The van der Waals surface area contributed by atoms with E-state index in [9.17, 15) is 4.79 Å². The molecule has 1 atom stereocenters. The summed E-state index contributed by atoms with van der Waals surface area (Å²) in [7, 11) is 0. The zero-order chi connectivity index (χ0) is 23.4. The number of aryl methyl sites for hydroxylation is 1. The number of nitrogens with one attached hydrogen (secondary N) is 1. The second kappa shape index (κ2) is 9.51. The lowest BCUT2D eigenvalue weighted by Gasteiger charge is -2.27. The first-order valence-corrected chi connectivity index (χ1v) is 10.6. The van der Waals surface area contributed by atoms with Crippen LogP contribution < -0.4 is 11.1 Å². The molecule has 4 aromatic heterocycles. The molecule has 0 spiro atoms. The van der Waals surface area contributed by atoms with Crippen LogP contribution in [0.3, 0.4) is 0 Å². The summed E-state index contributed by atoms with van der Waals surface area (Å²) in [6.45, 7) is 6.70. The molecule has 0 radical (unpaired) electrons. The van der Waals surface area contributed by atoms with Crippen LogP contribution in [0.25, 0.3) is 10.9 Å². The number of amides is 1. The van der Waals surface area contributed by atoms with Crippen molar-refractivity contribution in [2.45, 2.75) is 33.4 Å². The van der Waals surface area contributed by atoms with E-state index in [4.69, 9.17) is 5.73 Å². The van der Waals surface area contributed by atoms with Crippen molar-refractivity contribution in [1.82, 2.24) is 35.0 Å². The Morgan fingerprint density at radius 1 is 1.15 bits per heavy atom. The minimum atomic E-state index is -0.419. The van der Waals surface area contributed by atoms with Gasteiger partial charge in [-0.05, 0) is 56.7 Å². The lowest BCUT2D eigenvalue weighted by molar-refractivity contribution is 0.0657. The Labute approximate surface area is 191 Å². The van der Waals surface area contributed by atoms with Crippen molar-refractivity contribution in [2.24, 2.45) is 0 Å². The van der Waals surface area contributed by atoms with Gasteiger partial charge in [-0.15, -0.1) is 5.10 Å². The van der Waals surface area contributed by atoms with Crippen LogP contribution in [0.4, 0.5) is 11.6 Å². The first kappa shape index (κ1) is 22.0. The van der Waals surface area contributed by atoms with Gasteiger partial charge in [0.2, 0.25) is 0 Å². The number of nitrogens with two attached hydrogens (primary N) is 1. The number of hydrogen-bond acceptors (Lipinski definition) is 9. The topological polar surface area (TPSA) is 136 Å². The van der Waals surface area contributed by atoms with Crippen LogP contribution in [0.15, 0.2) is 48.9 Å². The number of carbonyl (C=O) groups excluding carboxylic acids is 1. The smallest absolute Gasteiger partial charge is 0.273 e. The number of fused-ring (bicyclic) bond motifs is 1. The van der Waals surface area contributed by atoms with Gasteiger partial charge in [-0.25, -0.2) is 19.9 Å². The molecule has 3 N–H and O–H groups in total. The second-order valence-electron chi connectivity index (χ2n) is 7.61. The molecule has 0 aliphatic heterocycles. The number of rotatable bonds is 7. The predicted molar refractivity (Wildman–Crippen MR) is 125 cm³/mol. The Balaban J connectivity index is 1.69. The van der Waals surface area contributed by atoms with Crippen molar-refractivity contribution in [3.05, 3.63) is 71.7 Å². The van der Waals surface area contributed by atoms with Crippen molar-refractivity contribution < 1.29 is 4.79 Å². The van der Waals surface area contributed by atoms with Crippen molar-refractivity contribution in [3.63, 3.8) is 0 Å². The number of pyridine rings is 2. The van der Waals surface area contributed by atoms with E-state index in [-0.39, 0.29) is 18.1 Å². The average Bonchev–Trinajstić information content (AvgIpc) is 2.84. The zero-order valence-electron chi connectivity index (χ0n) is 18.7. The number of nitrogens with zero attached hydrogens (tertiary/aromatic N) is 7. The Kier molecular flexibility index (Phi) is 6.34. The lowest BCUT2D eigenvalue weighted by Crippen LogP contribution is -2.35. The maximum absolute atomic E-state index is 13.6. The fraction of sp³-hybridized carbons (Fsp3) is 0.261. The van der Waals surface area contributed by atoms with Gasteiger partial charge < -0.3 is 16.0 Å². The molecule has 0 fully saturated rings. The summed E-state index contributed by atoms with van der Waals surface area (Å²) in [5, 5.41) is 12.3. The summed E-state index contributed by atoms with van der Waals surface area (Å²) in [6, 6.07) is 8.62. The van der Waals surface area contributed by atoms with Gasteiger partial charge >= 0.3 is 0 Å². The van der Waals surface area contributed by atoms with Gasteiger partial charge in [0.05, 0.1) is 30.0 Å². The molecule has 0 unspecified atom stereocenters.